The highest BCUT2D eigenvalue weighted by Gasteiger charge is 2.17. The van der Waals surface area contributed by atoms with Gasteiger partial charge in [-0.1, -0.05) is 11.6 Å². The Bertz CT molecular complexity index is 1050. The van der Waals surface area contributed by atoms with E-state index in [2.05, 4.69) is 15.7 Å². The number of aromatic nitrogens is 2. The average Bonchev–Trinajstić information content (AvgIpc) is 3.09. The molecule has 2 amide bonds. The number of hydrogen-bond acceptors (Lipinski definition) is 5. The van der Waals surface area contributed by atoms with E-state index in [1.165, 1.54) is 18.9 Å². The van der Waals surface area contributed by atoms with E-state index in [1.54, 1.807) is 55.7 Å². The molecular formula is C20H19ClN4O4. The number of carbonyl (C=O) groups is 2. The number of nitrogens with zero attached hydrogens (tertiary/aromatic N) is 2. The van der Waals surface area contributed by atoms with Crippen LogP contribution in [0.2, 0.25) is 5.02 Å². The van der Waals surface area contributed by atoms with Crippen molar-refractivity contribution in [2.45, 2.75) is 0 Å². The van der Waals surface area contributed by atoms with Gasteiger partial charge in [-0.25, -0.2) is 0 Å². The van der Waals surface area contributed by atoms with Crippen LogP contribution in [0.25, 0.3) is 0 Å². The van der Waals surface area contributed by atoms with Crippen molar-refractivity contribution in [1.29, 1.82) is 0 Å². The third-order valence-corrected chi connectivity index (χ3v) is 4.28. The first-order chi connectivity index (χ1) is 13.9. The Balaban J connectivity index is 1.70. The molecule has 3 rings (SSSR count). The zero-order valence-electron chi connectivity index (χ0n) is 16.0. The topological polar surface area (TPSA) is 94.5 Å². The smallest absolute Gasteiger partial charge is 0.262 e. The van der Waals surface area contributed by atoms with E-state index in [0.29, 0.717) is 33.3 Å². The first kappa shape index (κ1) is 20.2. The molecule has 0 atom stereocenters. The molecule has 29 heavy (non-hydrogen) atoms. The lowest BCUT2D eigenvalue weighted by molar-refractivity contribution is 0.101. The number of anilines is 2. The molecule has 0 fully saturated rings. The predicted molar refractivity (Wildman–Crippen MR) is 110 cm³/mol. The predicted octanol–water partition coefficient (Wildman–Crippen LogP) is 3.60. The van der Waals surface area contributed by atoms with E-state index >= 15 is 0 Å². The summed E-state index contributed by atoms with van der Waals surface area (Å²) in [5.41, 5.74) is 1.71. The van der Waals surface area contributed by atoms with E-state index in [4.69, 9.17) is 21.1 Å². The first-order valence-electron chi connectivity index (χ1n) is 8.55. The molecule has 0 bridgehead atoms. The van der Waals surface area contributed by atoms with Gasteiger partial charge in [0.15, 0.2) is 0 Å². The summed E-state index contributed by atoms with van der Waals surface area (Å²) in [4.78, 5) is 24.9. The summed E-state index contributed by atoms with van der Waals surface area (Å²) in [6, 6.07) is 11.4. The molecule has 0 spiro atoms. The molecule has 2 N–H and O–H groups in total. The van der Waals surface area contributed by atoms with Crippen LogP contribution in [0.1, 0.15) is 20.7 Å². The van der Waals surface area contributed by atoms with Crippen molar-refractivity contribution in [2.75, 3.05) is 24.9 Å². The Hall–Kier alpha value is -3.52. The highest BCUT2D eigenvalue weighted by atomic mass is 35.5. The Morgan fingerprint density at radius 2 is 1.72 bits per heavy atom. The molecule has 9 heteroatoms. The van der Waals surface area contributed by atoms with Crippen LogP contribution in [0.5, 0.6) is 11.6 Å². The molecule has 0 saturated carbocycles. The van der Waals surface area contributed by atoms with Gasteiger partial charge < -0.3 is 20.1 Å². The van der Waals surface area contributed by atoms with Gasteiger partial charge in [-0.05, 0) is 42.5 Å². The fourth-order valence-corrected chi connectivity index (χ4v) is 2.82. The monoisotopic (exact) mass is 414 g/mol. The second-order valence-corrected chi connectivity index (χ2v) is 6.49. The highest BCUT2D eigenvalue weighted by molar-refractivity contribution is 6.31. The lowest BCUT2D eigenvalue weighted by atomic mass is 10.1. The third kappa shape index (κ3) is 4.67. The standard InChI is InChI=1S/C20H19ClN4O4/c1-25-11-15(20(24-25)29-3)19(27)22-14-7-4-12(5-8-14)18(26)23-16-10-13(21)6-9-17(16)28-2/h4-11H,1-3H3,(H,22,27)(H,23,26). The van der Waals surface area contributed by atoms with Gasteiger partial charge >= 0.3 is 0 Å². The molecule has 0 unspecified atom stereocenters. The van der Waals surface area contributed by atoms with Crippen LogP contribution in [0.4, 0.5) is 11.4 Å². The maximum Gasteiger partial charge on any atom is 0.262 e. The van der Waals surface area contributed by atoms with Gasteiger partial charge in [-0.3, -0.25) is 14.3 Å². The number of nitrogens with one attached hydrogen (secondary N) is 2. The Morgan fingerprint density at radius 3 is 2.38 bits per heavy atom. The van der Waals surface area contributed by atoms with Gasteiger partial charge in [0.05, 0.1) is 19.9 Å². The van der Waals surface area contributed by atoms with Crippen molar-refractivity contribution >= 4 is 34.8 Å². The van der Waals surface area contributed by atoms with Crippen LogP contribution < -0.4 is 20.1 Å². The van der Waals surface area contributed by atoms with E-state index < -0.39 is 0 Å². The van der Waals surface area contributed by atoms with Gasteiger partial charge in [-0.15, -0.1) is 5.10 Å². The summed E-state index contributed by atoms with van der Waals surface area (Å²) in [6.45, 7) is 0. The van der Waals surface area contributed by atoms with Crippen LogP contribution >= 0.6 is 11.6 Å². The van der Waals surface area contributed by atoms with Crippen LogP contribution in [0, 0.1) is 0 Å². The molecule has 150 valence electrons. The van der Waals surface area contributed by atoms with E-state index in [9.17, 15) is 9.59 Å². The molecule has 0 aliphatic carbocycles. The number of carbonyl (C=O) groups excluding carboxylic acids is 2. The van der Waals surface area contributed by atoms with Crippen molar-refractivity contribution in [2.24, 2.45) is 7.05 Å². The largest absolute Gasteiger partial charge is 0.495 e. The fourth-order valence-electron chi connectivity index (χ4n) is 2.65. The summed E-state index contributed by atoms with van der Waals surface area (Å²) in [6.07, 6.45) is 1.56. The number of methoxy groups -OCH3 is 2. The lowest BCUT2D eigenvalue weighted by Gasteiger charge is -2.11. The molecule has 1 heterocycles. The molecule has 0 aliphatic heterocycles. The summed E-state index contributed by atoms with van der Waals surface area (Å²) in [5, 5.41) is 10.0. The molecule has 1 aromatic heterocycles. The van der Waals surface area contributed by atoms with Gasteiger partial charge in [0, 0.05) is 29.5 Å². The van der Waals surface area contributed by atoms with Gasteiger partial charge in [0.25, 0.3) is 11.8 Å². The average molecular weight is 415 g/mol. The number of rotatable bonds is 6. The Morgan fingerprint density at radius 1 is 1.00 bits per heavy atom. The molecule has 3 aromatic rings. The summed E-state index contributed by atoms with van der Waals surface area (Å²) in [7, 11) is 4.65. The SMILES string of the molecule is COc1ccc(Cl)cc1NC(=O)c1ccc(NC(=O)c2cn(C)nc2OC)cc1. The second kappa shape index (κ2) is 8.66. The second-order valence-electron chi connectivity index (χ2n) is 6.06. The van der Waals surface area contributed by atoms with Crippen molar-refractivity contribution in [3.05, 3.63) is 64.8 Å². The lowest BCUT2D eigenvalue weighted by Crippen LogP contribution is -2.14. The van der Waals surface area contributed by atoms with Crippen molar-refractivity contribution < 1.29 is 19.1 Å². The van der Waals surface area contributed by atoms with Crippen LogP contribution in [0.3, 0.4) is 0 Å². The summed E-state index contributed by atoms with van der Waals surface area (Å²) >= 11 is 5.98. The number of amides is 2. The first-order valence-corrected chi connectivity index (χ1v) is 8.93. The molecular weight excluding hydrogens is 396 g/mol. The number of halogens is 1. The van der Waals surface area contributed by atoms with Crippen molar-refractivity contribution in [1.82, 2.24) is 9.78 Å². The number of hydrogen-bond donors (Lipinski definition) is 2. The zero-order valence-corrected chi connectivity index (χ0v) is 16.8. The number of aryl methyl sites for hydroxylation is 1. The van der Waals surface area contributed by atoms with Crippen LogP contribution in [-0.4, -0.2) is 35.8 Å². The fraction of sp³-hybridized carbons (Fsp3) is 0.150. The highest BCUT2D eigenvalue weighted by Crippen LogP contribution is 2.28. The van der Waals surface area contributed by atoms with E-state index in [0.717, 1.165) is 0 Å². The minimum atomic E-state index is -0.365. The zero-order chi connectivity index (χ0) is 21.0. The summed E-state index contributed by atoms with van der Waals surface area (Å²) < 4.78 is 11.8. The van der Waals surface area contributed by atoms with E-state index in [1.807, 2.05) is 0 Å². The quantitative estimate of drug-likeness (QED) is 0.642. The van der Waals surface area contributed by atoms with E-state index in [-0.39, 0.29) is 17.7 Å². The van der Waals surface area contributed by atoms with Gasteiger partial charge in [-0.2, -0.15) is 0 Å². The molecule has 2 aromatic carbocycles. The minimum absolute atomic E-state index is 0.233. The normalized spacial score (nSPS) is 10.3. The Kier molecular flexibility index (Phi) is 6.04. The van der Waals surface area contributed by atoms with Crippen molar-refractivity contribution in [3.8, 4) is 11.6 Å². The molecule has 0 aliphatic rings. The van der Waals surface area contributed by atoms with Crippen LogP contribution in [-0.2, 0) is 7.05 Å². The maximum absolute atomic E-state index is 12.5. The molecule has 0 radical (unpaired) electrons. The number of benzene rings is 2. The Labute approximate surface area is 172 Å². The number of ether oxygens (including phenoxy) is 2. The van der Waals surface area contributed by atoms with Crippen molar-refractivity contribution in [3.63, 3.8) is 0 Å². The molecule has 8 nitrogen and oxygen atoms in total. The third-order valence-electron chi connectivity index (χ3n) is 4.05. The molecule has 0 saturated heterocycles. The summed E-state index contributed by atoms with van der Waals surface area (Å²) in [5.74, 6) is 0.0294. The van der Waals surface area contributed by atoms with Gasteiger partial charge in [0.2, 0.25) is 5.88 Å². The van der Waals surface area contributed by atoms with Crippen LogP contribution in [0.15, 0.2) is 48.7 Å². The minimum Gasteiger partial charge on any atom is -0.495 e. The maximum atomic E-state index is 12.5. The van der Waals surface area contributed by atoms with Gasteiger partial charge in [0.1, 0.15) is 11.3 Å².